The van der Waals surface area contributed by atoms with Crippen molar-refractivity contribution < 1.29 is 14.6 Å². The molecule has 0 amide bonds. The number of hydrogen-bond acceptors (Lipinski definition) is 3. The maximum Gasteiger partial charge on any atom is 0.320 e. The number of carboxylic acids is 1. The number of ether oxygens (including phenoxy) is 1. The van der Waals surface area contributed by atoms with E-state index in [4.69, 9.17) is 27.2 Å². The van der Waals surface area contributed by atoms with E-state index in [2.05, 4.69) is 0 Å². The molecule has 88 valence electrons. The number of methoxy groups -OCH3 is 1. The summed E-state index contributed by atoms with van der Waals surface area (Å²) in [7, 11) is 1.53. The Morgan fingerprint density at radius 3 is 2.75 bits per heavy atom. The molecular formula is C11H14ClNO3. The molecule has 1 aromatic rings. The topological polar surface area (TPSA) is 72.5 Å². The number of rotatable bonds is 4. The van der Waals surface area contributed by atoms with Gasteiger partial charge in [0.1, 0.15) is 11.8 Å². The number of carbonyl (C=O) groups is 1. The molecule has 4 nitrogen and oxygen atoms in total. The number of hydrogen-bond donors (Lipinski definition) is 2. The molecule has 0 aliphatic carbocycles. The summed E-state index contributed by atoms with van der Waals surface area (Å²) in [4.78, 5) is 10.7. The first-order chi connectivity index (χ1) is 7.47. The molecule has 1 aromatic carbocycles. The first kappa shape index (κ1) is 12.8. The fourth-order valence-corrected chi connectivity index (χ4v) is 1.63. The van der Waals surface area contributed by atoms with Crippen LogP contribution in [0.15, 0.2) is 12.1 Å². The smallest absolute Gasteiger partial charge is 0.320 e. The van der Waals surface area contributed by atoms with Gasteiger partial charge in [0.05, 0.1) is 7.11 Å². The van der Waals surface area contributed by atoms with E-state index >= 15 is 0 Å². The second-order valence-corrected chi connectivity index (χ2v) is 3.91. The van der Waals surface area contributed by atoms with Gasteiger partial charge in [-0.2, -0.15) is 0 Å². The number of carboxylic acid groups (broad SMARTS) is 1. The fraction of sp³-hybridized carbons (Fsp3) is 0.364. The number of nitrogens with two attached hydrogens (primary N) is 1. The molecule has 0 aliphatic heterocycles. The van der Waals surface area contributed by atoms with E-state index in [9.17, 15) is 4.79 Å². The third kappa shape index (κ3) is 2.65. The van der Waals surface area contributed by atoms with E-state index in [1.54, 1.807) is 12.1 Å². The minimum Gasteiger partial charge on any atom is -0.496 e. The van der Waals surface area contributed by atoms with Crippen LogP contribution >= 0.6 is 11.6 Å². The molecule has 1 atom stereocenters. The van der Waals surface area contributed by atoms with Gasteiger partial charge in [-0.15, -0.1) is 0 Å². The van der Waals surface area contributed by atoms with Crippen LogP contribution in [-0.2, 0) is 11.2 Å². The van der Waals surface area contributed by atoms with Crippen LogP contribution in [0.3, 0.4) is 0 Å². The van der Waals surface area contributed by atoms with Crippen molar-refractivity contribution in [2.45, 2.75) is 19.4 Å². The van der Waals surface area contributed by atoms with Crippen LogP contribution in [0.2, 0.25) is 5.02 Å². The second kappa shape index (κ2) is 5.18. The maximum atomic E-state index is 10.7. The van der Waals surface area contributed by atoms with E-state index < -0.39 is 12.0 Å². The van der Waals surface area contributed by atoms with E-state index in [1.807, 2.05) is 6.92 Å². The largest absolute Gasteiger partial charge is 0.496 e. The predicted octanol–water partition coefficient (Wildman–Crippen LogP) is 1.61. The van der Waals surface area contributed by atoms with Crippen LogP contribution in [0.4, 0.5) is 0 Å². The molecule has 0 spiro atoms. The normalized spacial score (nSPS) is 12.2. The molecular weight excluding hydrogens is 230 g/mol. The summed E-state index contributed by atoms with van der Waals surface area (Å²) in [5, 5.41) is 9.35. The van der Waals surface area contributed by atoms with Crippen molar-refractivity contribution in [1.82, 2.24) is 0 Å². The van der Waals surface area contributed by atoms with Crippen molar-refractivity contribution >= 4 is 17.6 Å². The van der Waals surface area contributed by atoms with Crippen LogP contribution in [0.5, 0.6) is 5.75 Å². The first-order valence-electron chi connectivity index (χ1n) is 4.77. The highest BCUT2D eigenvalue weighted by molar-refractivity contribution is 6.31. The molecule has 16 heavy (non-hydrogen) atoms. The van der Waals surface area contributed by atoms with Gasteiger partial charge in [-0.25, -0.2) is 0 Å². The highest BCUT2D eigenvalue weighted by Crippen LogP contribution is 2.28. The molecule has 5 heteroatoms. The van der Waals surface area contributed by atoms with E-state index in [0.717, 1.165) is 11.1 Å². The Balaban J connectivity index is 3.10. The molecule has 0 bridgehead atoms. The molecule has 0 aromatic heterocycles. The van der Waals surface area contributed by atoms with Crippen molar-refractivity contribution in [3.05, 3.63) is 28.3 Å². The van der Waals surface area contributed by atoms with Gasteiger partial charge in [0.15, 0.2) is 0 Å². The molecule has 1 rings (SSSR count). The van der Waals surface area contributed by atoms with E-state index in [1.165, 1.54) is 7.11 Å². The van der Waals surface area contributed by atoms with Gasteiger partial charge < -0.3 is 15.6 Å². The monoisotopic (exact) mass is 243 g/mol. The van der Waals surface area contributed by atoms with Gasteiger partial charge >= 0.3 is 5.97 Å². The number of benzene rings is 1. The lowest BCUT2D eigenvalue weighted by Gasteiger charge is -2.14. The number of halogens is 1. The van der Waals surface area contributed by atoms with Gasteiger partial charge in [0, 0.05) is 17.0 Å². The quantitative estimate of drug-likeness (QED) is 0.843. The van der Waals surface area contributed by atoms with Crippen LogP contribution in [0.1, 0.15) is 11.1 Å². The van der Waals surface area contributed by atoms with Crippen LogP contribution < -0.4 is 10.5 Å². The lowest BCUT2D eigenvalue weighted by atomic mass is 10.0. The predicted molar refractivity (Wildman–Crippen MR) is 62.1 cm³/mol. The van der Waals surface area contributed by atoms with Gasteiger partial charge in [0.25, 0.3) is 0 Å². The Labute approximate surface area is 99.0 Å². The Kier molecular flexibility index (Phi) is 4.15. The highest BCUT2D eigenvalue weighted by atomic mass is 35.5. The zero-order valence-electron chi connectivity index (χ0n) is 9.16. The molecule has 3 N–H and O–H groups in total. The lowest BCUT2D eigenvalue weighted by Crippen LogP contribution is -2.32. The highest BCUT2D eigenvalue weighted by Gasteiger charge is 2.17. The molecule has 0 aliphatic rings. The molecule has 1 unspecified atom stereocenters. The van der Waals surface area contributed by atoms with Crippen LogP contribution in [-0.4, -0.2) is 24.2 Å². The van der Waals surface area contributed by atoms with E-state index in [0.29, 0.717) is 10.8 Å². The molecule has 0 fully saturated rings. The van der Waals surface area contributed by atoms with Crippen molar-refractivity contribution in [3.63, 3.8) is 0 Å². The standard InChI is InChI=1S/C11H14ClNO3/c1-6-7(5-9(13)11(14)15)10(16-2)4-3-8(6)12/h3-4,9H,5,13H2,1-2H3,(H,14,15). The SMILES string of the molecule is COc1ccc(Cl)c(C)c1CC(N)C(=O)O. The molecule has 0 heterocycles. The molecule has 0 saturated heterocycles. The average molecular weight is 244 g/mol. The van der Waals surface area contributed by atoms with Gasteiger partial charge in [-0.1, -0.05) is 11.6 Å². The Bertz CT molecular complexity index is 406. The molecule has 0 saturated carbocycles. The number of aliphatic carboxylic acids is 1. The molecule has 0 radical (unpaired) electrons. The first-order valence-corrected chi connectivity index (χ1v) is 5.15. The zero-order valence-corrected chi connectivity index (χ0v) is 9.91. The van der Waals surface area contributed by atoms with Crippen molar-refractivity contribution in [1.29, 1.82) is 0 Å². The van der Waals surface area contributed by atoms with Gasteiger partial charge in [-0.3, -0.25) is 4.79 Å². The van der Waals surface area contributed by atoms with Gasteiger partial charge in [0.2, 0.25) is 0 Å². The third-order valence-corrected chi connectivity index (χ3v) is 2.86. The Hall–Kier alpha value is -1.26. The van der Waals surface area contributed by atoms with Gasteiger partial charge in [-0.05, 0) is 24.6 Å². The third-order valence-electron chi connectivity index (χ3n) is 2.45. The minimum absolute atomic E-state index is 0.199. The van der Waals surface area contributed by atoms with E-state index in [-0.39, 0.29) is 6.42 Å². The summed E-state index contributed by atoms with van der Waals surface area (Å²) < 4.78 is 5.15. The fourth-order valence-electron chi connectivity index (χ4n) is 1.46. The van der Waals surface area contributed by atoms with Crippen LogP contribution in [0.25, 0.3) is 0 Å². The average Bonchev–Trinajstić information content (AvgIpc) is 2.25. The zero-order chi connectivity index (χ0) is 12.3. The Morgan fingerprint density at radius 2 is 2.25 bits per heavy atom. The Morgan fingerprint density at radius 1 is 1.62 bits per heavy atom. The summed E-state index contributed by atoms with van der Waals surface area (Å²) in [5.41, 5.74) is 7.04. The summed E-state index contributed by atoms with van der Waals surface area (Å²) in [6.45, 7) is 1.81. The lowest BCUT2D eigenvalue weighted by molar-refractivity contribution is -0.138. The minimum atomic E-state index is -1.04. The van der Waals surface area contributed by atoms with Crippen molar-refractivity contribution in [2.24, 2.45) is 5.73 Å². The van der Waals surface area contributed by atoms with Crippen molar-refractivity contribution in [3.8, 4) is 5.75 Å². The summed E-state index contributed by atoms with van der Waals surface area (Å²) in [6, 6.07) is 2.47. The summed E-state index contributed by atoms with van der Waals surface area (Å²) in [5.74, 6) is -0.431. The summed E-state index contributed by atoms with van der Waals surface area (Å²) >= 11 is 5.96. The van der Waals surface area contributed by atoms with Crippen LogP contribution in [0, 0.1) is 6.92 Å². The summed E-state index contributed by atoms with van der Waals surface area (Å²) in [6.07, 6.45) is 0.199. The second-order valence-electron chi connectivity index (χ2n) is 3.50. The van der Waals surface area contributed by atoms with Crippen molar-refractivity contribution in [2.75, 3.05) is 7.11 Å². The maximum absolute atomic E-state index is 10.7.